The van der Waals surface area contributed by atoms with E-state index in [0.29, 0.717) is 25.2 Å². The molecule has 0 spiro atoms. The van der Waals surface area contributed by atoms with Crippen LogP contribution in [0.15, 0.2) is 16.5 Å². The molecular formula is C12H18N2O5. The third kappa shape index (κ3) is 5.11. The fourth-order valence-electron chi connectivity index (χ4n) is 1.47. The van der Waals surface area contributed by atoms with Gasteiger partial charge < -0.3 is 25.3 Å². The van der Waals surface area contributed by atoms with Crippen LogP contribution in [0, 0.1) is 0 Å². The molecule has 0 radical (unpaired) electrons. The van der Waals surface area contributed by atoms with Gasteiger partial charge in [-0.2, -0.15) is 0 Å². The van der Waals surface area contributed by atoms with Crippen molar-refractivity contribution < 1.29 is 23.8 Å². The monoisotopic (exact) mass is 270 g/mol. The second-order valence-corrected chi connectivity index (χ2v) is 4.03. The van der Waals surface area contributed by atoms with Crippen molar-refractivity contribution >= 4 is 11.9 Å². The fourth-order valence-corrected chi connectivity index (χ4v) is 1.47. The van der Waals surface area contributed by atoms with E-state index in [1.165, 1.54) is 12.1 Å². The van der Waals surface area contributed by atoms with E-state index >= 15 is 0 Å². The summed E-state index contributed by atoms with van der Waals surface area (Å²) in [6.45, 7) is 0.672. The molecule has 0 fully saturated rings. The average Bonchev–Trinajstić information content (AvgIpc) is 2.85. The van der Waals surface area contributed by atoms with Crippen LogP contribution in [0.4, 0.5) is 0 Å². The van der Waals surface area contributed by atoms with Crippen molar-refractivity contribution in [3.05, 3.63) is 23.7 Å². The standard InChI is InChI=1S/C12H18N2O5/c1-18-6-2-3-9(13)11(15)14-7-8-4-5-10(19-8)12(16)17/h4-5,9H,2-3,6-7,13H2,1H3,(H,14,15)(H,16,17). The van der Waals surface area contributed by atoms with Crippen LogP contribution in [0.1, 0.15) is 29.2 Å². The van der Waals surface area contributed by atoms with Gasteiger partial charge in [0.25, 0.3) is 0 Å². The quantitative estimate of drug-likeness (QED) is 0.587. The maximum absolute atomic E-state index is 11.6. The molecule has 0 saturated heterocycles. The maximum atomic E-state index is 11.6. The molecular weight excluding hydrogens is 252 g/mol. The van der Waals surface area contributed by atoms with Gasteiger partial charge in [-0.1, -0.05) is 0 Å². The summed E-state index contributed by atoms with van der Waals surface area (Å²) in [7, 11) is 1.59. The van der Waals surface area contributed by atoms with Gasteiger partial charge in [0.05, 0.1) is 12.6 Å². The molecule has 1 amide bonds. The van der Waals surface area contributed by atoms with Gasteiger partial charge >= 0.3 is 5.97 Å². The topological polar surface area (TPSA) is 115 Å². The highest BCUT2D eigenvalue weighted by Gasteiger charge is 2.14. The van der Waals surface area contributed by atoms with Crippen molar-refractivity contribution in [1.29, 1.82) is 0 Å². The number of ether oxygens (including phenoxy) is 1. The number of carbonyl (C=O) groups is 2. The number of carbonyl (C=O) groups excluding carboxylic acids is 1. The number of furan rings is 1. The zero-order valence-electron chi connectivity index (χ0n) is 10.7. The predicted octanol–water partition coefficient (Wildman–Crippen LogP) is 0.348. The van der Waals surface area contributed by atoms with Crippen LogP contribution in [0.25, 0.3) is 0 Å². The number of rotatable bonds is 8. The summed E-state index contributed by atoms with van der Waals surface area (Å²) in [5, 5.41) is 11.3. The molecule has 0 aliphatic rings. The molecule has 0 aliphatic carbocycles. The third-order valence-corrected chi connectivity index (χ3v) is 2.51. The summed E-state index contributed by atoms with van der Waals surface area (Å²) in [4.78, 5) is 22.2. The summed E-state index contributed by atoms with van der Waals surface area (Å²) in [5.74, 6) is -1.23. The van der Waals surface area contributed by atoms with Crippen LogP contribution < -0.4 is 11.1 Å². The lowest BCUT2D eigenvalue weighted by Gasteiger charge is -2.10. The van der Waals surface area contributed by atoms with Gasteiger partial charge in [0.15, 0.2) is 0 Å². The fraction of sp³-hybridized carbons (Fsp3) is 0.500. The van der Waals surface area contributed by atoms with Gasteiger partial charge in [0.1, 0.15) is 5.76 Å². The zero-order chi connectivity index (χ0) is 14.3. The number of carboxylic acid groups (broad SMARTS) is 1. The molecule has 7 heteroatoms. The lowest BCUT2D eigenvalue weighted by atomic mass is 10.1. The van der Waals surface area contributed by atoms with Crippen molar-refractivity contribution in [2.45, 2.75) is 25.4 Å². The first-order valence-electron chi connectivity index (χ1n) is 5.89. The molecule has 0 saturated carbocycles. The van der Waals surface area contributed by atoms with Gasteiger partial charge in [-0.25, -0.2) is 4.79 Å². The predicted molar refractivity (Wildman–Crippen MR) is 66.6 cm³/mol. The first kappa shape index (κ1) is 15.2. The van der Waals surface area contributed by atoms with Gasteiger partial charge in [0, 0.05) is 13.7 Å². The van der Waals surface area contributed by atoms with E-state index in [-0.39, 0.29) is 18.2 Å². The summed E-state index contributed by atoms with van der Waals surface area (Å²) in [6, 6.07) is 2.23. The van der Waals surface area contributed by atoms with Crippen LogP contribution in [0.3, 0.4) is 0 Å². The van der Waals surface area contributed by atoms with E-state index in [0.717, 1.165) is 0 Å². The third-order valence-electron chi connectivity index (χ3n) is 2.51. The van der Waals surface area contributed by atoms with Gasteiger partial charge in [-0.15, -0.1) is 0 Å². The number of methoxy groups -OCH3 is 1. The Bertz CT molecular complexity index is 430. The average molecular weight is 270 g/mol. The lowest BCUT2D eigenvalue weighted by Crippen LogP contribution is -2.40. The van der Waals surface area contributed by atoms with Crippen LogP contribution in [0.5, 0.6) is 0 Å². The molecule has 106 valence electrons. The number of nitrogens with one attached hydrogen (secondary N) is 1. The highest BCUT2D eigenvalue weighted by atomic mass is 16.5. The molecule has 0 bridgehead atoms. The van der Waals surface area contributed by atoms with Gasteiger partial charge in [-0.3, -0.25) is 4.79 Å². The number of amides is 1. The highest BCUT2D eigenvalue weighted by Crippen LogP contribution is 2.07. The van der Waals surface area contributed by atoms with Crippen molar-refractivity contribution in [3.8, 4) is 0 Å². The summed E-state index contributed by atoms with van der Waals surface area (Å²) in [5.41, 5.74) is 5.68. The summed E-state index contributed by atoms with van der Waals surface area (Å²) >= 11 is 0. The van der Waals surface area contributed by atoms with Crippen LogP contribution in [-0.4, -0.2) is 36.7 Å². The lowest BCUT2D eigenvalue weighted by molar-refractivity contribution is -0.122. The smallest absolute Gasteiger partial charge is 0.371 e. The van der Waals surface area contributed by atoms with Gasteiger partial charge in [0.2, 0.25) is 11.7 Å². The van der Waals surface area contributed by atoms with Gasteiger partial charge in [-0.05, 0) is 25.0 Å². The normalized spacial score (nSPS) is 12.1. The second kappa shape index (κ2) is 7.55. The number of aromatic carboxylic acids is 1. The molecule has 1 aromatic rings. The molecule has 1 rings (SSSR count). The largest absolute Gasteiger partial charge is 0.475 e. The second-order valence-electron chi connectivity index (χ2n) is 4.03. The van der Waals surface area contributed by atoms with Crippen molar-refractivity contribution in [2.24, 2.45) is 5.73 Å². The Morgan fingerprint density at radius 3 is 2.84 bits per heavy atom. The van der Waals surface area contributed by atoms with E-state index in [1.54, 1.807) is 7.11 Å². The number of hydrogen-bond donors (Lipinski definition) is 3. The minimum absolute atomic E-state index is 0.115. The van der Waals surface area contributed by atoms with E-state index in [4.69, 9.17) is 20.0 Å². The van der Waals surface area contributed by atoms with E-state index in [2.05, 4.69) is 5.32 Å². The molecule has 7 nitrogen and oxygen atoms in total. The Labute approximate surface area is 110 Å². The van der Waals surface area contributed by atoms with Crippen LogP contribution >= 0.6 is 0 Å². The van der Waals surface area contributed by atoms with Crippen LogP contribution in [-0.2, 0) is 16.1 Å². The molecule has 0 aliphatic heterocycles. The molecule has 19 heavy (non-hydrogen) atoms. The molecule has 1 heterocycles. The molecule has 1 unspecified atom stereocenters. The van der Waals surface area contributed by atoms with Crippen LogP contribution in [0.2, 0.25) is 0 Å². The minimum Gasteiger partial charge on any atom is -0.475 e. The number of carboxylic acids is 1. The maximum Gasteiger partial charge on any atom is 0.371 e. The Hall–Kier alpha value is -1.86. The molecule has 1 atom stereocenters. The molecule has 0 aromatic carbocycles. The first-order valence-corrected chi connectivity index (χ1v) is 5.89. The van der Waals surface area contributed by atoms with E-state index in [9.17, 15) is 9.59 Å². The number of nitrogens with two attached hydrogens (primary N) is 1. The van der Waals surface area contributed by atoms with Crippen molar-refractivity contribution in [1.82, 2.24) is 5.32 Å². The number of hydrogen-bond acceptors (Lipinski definition) is 5. The van der Waals surface area contributed by atoms with E-state index in [1.807, 2.05) is 0 Å². The van der Waals surface area contributed by atoms with Crippen molar-refractivity contribution in [3.63, 3.8) is 0 Å². The Morgan fingerprint density at radius 1 is 1.53 bits per heavy atom. The molecule has 4 N–H and O–H groups in total. The first-order chi connectivity index (χ1) is 9.04. The zero-order valence-corrected chi connectivity index (χ0v) is 10.7. The Kier molecular flexibility index (Phi) is 6.04. The van der Waals surface area contributed by atoms with Crippen molar-refractivity contribution in [2.75, 3.05) is 13.7 Å². The summed E-state index contributed by atoms with van der Waals surface area (Å²) < 4.78 is 9.87. The minimum atomic E-state index is -1.14. The Morgan fingerprint density at radius 2 is 2.26 bits per heavy atom. The summed E-state index contributed by atoms with van der Waals surface area (Å²) in [6.07, 6.45) is 1.23. The van der Waals surface area contributed by atoms with E-state index < -0.39 is 12.0 Å². The Balaban J connectivity index is 2.34. The SMILES string of the molecule is COCCCC(N)C(=O)NCc1ccc(C(=O)O)o1. The molecule has 1 aromatic heterocycles. The highest BCUT2D eigenvalue weighted by molar-refractivity contribution is 5.84.